The monoisotopic (exact) mass is 361 g/mol. The van der Waals surface area contributed by atoms with Crippen molar-refractivity contribution >= 4 is 5.57 Å². The molecule has 0 unspecified atom stereocenters. The van der Waals surface area contributed by atoms with Gasteiger partial charge in [-0.05, 0) is 68.1 Å². The lowest BCUT2D eigenvalue weighted by Crippen LogP contribution is -2.14. The molecule has 2 N–H and O–H groups in total. The van der Waals surface area contributed by atoms with E-state index >= 15 is 0 Å². The zero-order valence-electron chi connectivity index (χ0n) is 15.2. The fraction of sp³-hybridized carbons (Fsp3) is 0.286. The quantitative estimate of drug-likeness (QED) is 0.744. The summed E-state index contributed by atoms with van der Waals surface area (Å²) in [5.41, 5.74) is 2.99. The molecule has 1 aliphatic heterocycles. The molecule has 0 radical (unpaired) electrons. The van der Waals surface area contributed by atoms with Gasteiger partial charge < -0.3 is 15.0 Å². The average molecular weight is 361 g/mol. The van der Waals surface area contributed by atoms with Crippen LogP contribution in [0, 0.1) is 5.92 Å². The fourth-order valence-corrected chi connectivity index (χ4v) is 3.50. The third-order valence-electron chi connectivity index (χ3n) is 5.08. The Morgan fingerprint density at radius 1 is 1.15 bits per heavy atom. The fourth-order valence-electron chi connectivity index (χ4n) is 3.50. The van der Waals surface area contributed by atoms with Crippen molar-refractivity contribution in [3.05, 3.63) is 61.3 Å². The van der Waals surface area contributed by atoms with Gasteiger partial charge >= 0.3 is 0 Å². The Morgan fingerprint density at radius 2 is 2.00 bits per heavy atom. The van der Waals surface area contributed by atoms with Gasteiger partial charge in [0, 0.05) is 29.7 Å². The van der Waals surface area contributed by atoms with E-state index in [1.54, 1.807) is 12.3 Å². The highest BCUT2D eigenvalue weighted by Gasteiger charge is 2.19. The first-order valence-electron chi connectivity index (χ1n) is 9.29. The number of phenols is 1. The second-order valence-electron chi connectivity index (χ2n) is 6.86. The van der Waals surface area contributed by atoms with Gasteiger partial charge in [0.1, 0.15) is 11.4 Å². The predicted octanol–water partition coefficient (Wildman–Crippen LogP) is 3.44. The van der Waals surface area contributed by atoms with Crippen LogP contribution in [0.25, 0.3) is 22.5 Å². The Hall–Kier alpha value is -2.99. The normalized spacial score (nSPS) is 17.4. The molecule has 1 fully saturated rings. The van der Waals surface area contributed by atoms with Crippen molar-refractivity contribution in [1.82, 2.24) is 25.1 Å². The van der Waals surface area contributed by atoms with Gasteiger partial charge in [0.05, 0.1) is 6.20 Å². The van der Waals surface area contributed by atoms with E-state index in [1.807, 2.05) is 41.2 Å². The predicted molar refractivity (Wildman–Crippen MR) is 105 cm³/mol. The van der Waals surface area contributed by atoms with Gasteiger partial charge in [-0.15, -0.1) is 10.2 Å². The molecule has 3 aromatic rings. The number of nitrogens with zero attached hydrogens (tertiary/aromatic N) is 4. The molecule has 0 saturated carbocycles. The SMILES string of the molecule is C=C(c1ncc(-c2ccc(-n3cccc3)cc2O)nn1)[C@H]1CCCNCC1. The zero-order valence-corrected chi connectivity index (χ0v) is 15.2. The Kier molecular flexibility index (Phi) is 4.98. The summed E-state index contributed by atoms with van der Waals surface area (Å²) in [5.74, 6) is 1.13. The molecule has 1 aliphatic rings. The highest BCUT2D eigenvalue weighted by molar-refractivity contribution is 5.68. The highest BCUT2D eigenvalue weighted by atomic mass is 16.3. The van der Waals surface area contributed by atoms with Crippen LogP contribution in [0.15, 0.2) is 55.5 Å². The largest absolute Gasteiger partial charge is 0.507 e. The van der Waals surface area contributed by atoms with E-state index in [-0.39, 0.29) is 5.75 Å². The van der Waals surface area contributed by atoms with Gasteiger partial charge in [0.25, 0.3) is 0 Å². The average Bonchev–Trinajstić information content (AvgIpc) is 3.10. The maximum Gasteiger partial charge on any atom is 0.177 e. The Labute approximate surface area is 158 Å². The van der Waals surface area contributed by atoms with Crippen molar-refractivity contribution in [2.24, 2.45) is 5.92 Å². The van der Waals surface area contributed by atoms with Crippen molar-refractivity contribution < 1.29 is 5.11 Å². The van der Waals surface area contributed by atoms with Gasteiger partial charge in [-0.3, -0.25) is 0 Å². The minimum Gasteiger partial charge on any atom is -0.507 e. The van der Waals surface area contributed by atoms with E-state index in [9.17, 15) is 5.11 Å². The molecule has 1 atom stereocenters. The molecule has 0 amide bonds. The van der Waals surface area contributed by atoms with E-state index < -0.39 is 0 Å². The molecule has 27 heavy (non-hydrogen) atoms. The van der Waals surface area contributed by atoms with Crippen LogP contribution in [0.5, 0.6) is 5.75 Å². The molecule has 138 valence electrons. The third kappa shape index (κ3) is 3.75. The zero-order chi connectivity index (χ0) is 18.6. The lowest BCUT2D eigenvalue weighted by atomic mass is 9.92. The Morgan fingerprint density at radius 3 is 2.74 bits per heavy atom. The summed E-state index contributed by atoms with van der Waals surface area (Å²) >= 11 is 0. The highest BCUT2D eigenvalue weighted by Crippen LogP contribution is 2.31. The van der Waals surface area contributed by atoms with Crippen molar-refractivity contribution in [3.63, 3.8) is 0 Å². The minimum atomic E-state index is 0.152. The van der Waals surface area contributed by atoms with Gasteiger partial charge in [-0.2, -0.15) is 0 Å². The van der Waals surface area contributed by atoms with Gasteiger partial charge in [-0.1, -0.05) is 6.58 Å². The van der Waals surface area contributed by atoms with E-state index in [0.29, 0.717) is 23.0 Å². The summed E-state index contributed by atoms with van der Waals surface area (Å²) in [6, 6.07) is 9.36. The number of nitrogens with one attached hydrogen (secondary N) is 1. The number of aromatic hydroxyl groups is 1. The van der Waals surface area contributed by atoms with E-state index in [4.69, 9.17) is 0 Å². The molecular weight excluding hydrogens is 338 g/mol. The lowest BCUT2D eigenvalue weighted by molar-refractivity contribution is 0.476. The van der Waals surface area contributed by atoms with Crippen LogP contribution in [-0.2, 0) is 0 Å². The first-order chi connectivity index (χ1) is 13.2. The number of rotatable bonds is 4. The first-order valence-corrected chi connectivity index (χ1v) is 9.29. The van der Waals surface area contributed by atoms with Gasteiger partial charge in [0.2, 0.25) is 0 Å². The number of allylic oxidation sites excluding steroid dienone is 1. The van der Waals surface area contributed by atoms with Crippen LogP contribution >= 0.6 is 0 Å². The summed E-state index contributed by atoms with van der Waals surface area (Å²) in [6.07, 6.45) is 8.80. The smallest absolute Gasteiger partial charge is 0.177 e. The Bertz CT molecular complexity index is 910. The van der Waals surface area contributed by atoms with Crippen molar-refractivity contribution in [1.29, 1.82) is 0 Å². The summed E-state index contributed by atoms with van der Waals surface area (Å²) in [6.45, 7) is 6.26. The van der Waals surface area contributed by atoms with Gasteiger partial charge in [0.15, 0.2) is 5.82 Å². The topological polar surface area (TPSA) is 75.9 Å². The first kappa shape index (κ1) is 17.4. The standard InChI is InChI=1S/C21H23N5O/c1-15(16-5-4-9-22-10-8-16)21-23-14-19(24-25-21)18-7-6-17(13-20(18)27)26-11-2-3-12-26/h2-3,6-7,11-14,16,22,27H,1,4-5,8-10H2/t16-/m0/s1. The number of benzene rings is 1. The van der Waals surface area contributed by atoms with E-state index in [2.05, 4.69) is 27.1 Å². The maximum absolute atomic E-state index is 10.4. The van der Waals surface area contributed by atoms with Crippen LogP contribution in [0.4, 0.5) is 0 Å². The van der Waals surface area contributed by atoms with Crippen LogP contribution in [-0.4, -0.2) is 37.9 Å². The molecule has 3 heterocycles. The van der Waals surface area contributed by atoms with Crippen LogP contribution in [0.2, 0.25) is 0 Å². The lowest BCUT2D eigenvalue weighted by Gasteiger charge is -2.15. The second kappa shape index (κ2) is 7.72. The molecule has 2 aromatic heterocycles. The van der Waals surface area contributed by atoms with Crippen LogP contribution in [0.1, 0.15) is 25.1 Å². The third-order valence-corrected chi connectivity index (χ3v) is 5.08. The summed E-state index contributed by atoms with van der Waals surface area (Å²) in [4.78, 5) is 4.46. The number of hydrogen-bond donors (Lipinski definition) is 2. The molecular formula is C21H23N5O. The van der Waals surface area contributed by atoms with Crippen molar-refractivity contribution in [2.75, 3.05) is 13.1 Å². The number of hydrogen-bond acceptors (Lipinski definition) is 5. The molecule has 6 heteroatoms. The van der Waals surface area contributed by atoms with Crippen LogP contribution in [0.3, 0.4) is 0 Å². The summed E-state index contributed by atoms with van der Waals surface area (Å²) < 4.78 is 1.93. The molecule has 0 bridgehead atoms. The van der Waals surface area contributed by atoms with Crippen molar-refractivity contribution in [2.45, 2.75) is 19.3 Å². The second-order valence-corrected chi connectivity index (χ2v) is 6.86. The Balaban J connectivity index is 1.54. The molecule has 0 aliphatic carbocycles. The minimum absolute atomic E-state index is 0.152. The molecule has 6 nitrogen and oxygen atoms in total. The number of phenolic OH excluding ortho intramolecular Hbond substituents is 1. The molecule has 0 spiro atoms. The molecule has 1 aromatic carbocycles. The molecule has 4 rings (SSSR count). The summed E-state index contributed by atoms with van der Waals surface area (Å²) in [7, 11) is 0. The van der Waals surface area contributed by atoms with Crippen molar-refractivity contribution in [3.8, 4) is 22.7 Å². The maximum atomic E-state index is 10.4. The van der Waals surface area contributed by atoms with Crippen LogP contribution < -0.4 is 5.32 Å². The molecule has 1 saturated heterocycles. The van der Waals surface area contributed by atoms with E-state index in [0.717, 1.165) is 43.6 Å². The number of aromatic nitrogens is 4. The van der Waals surface area contributed by atoms with Gasteiger partial charge in [-0.25, -0.2) is 4.98 Å². The summed E-state index contributed by atoms with van der Waals surface area (Å²) in [5, 5.41) is 22.4. The van der Waals surface area contributed by atoms with E-state index in [1.165, 1.54) is 0 Å².